The monoisotopic (exact) mass is 732 g/mol. The van der Waals surface area contributed by atoms with Crippen LogP contribution in [0.3, 0.4) is 0 Å². The summed E-state index contributed by atoms with van der Waals surface area (Å²) in [4.78, 5) is 3.57. The van der Waals surface area contributed by atoms with Crippen LogP contribution in [0.5, 0.6) is 0 Å². The van der Waals surface area contributed by atoms with Gasteiger partial charge in [-0.3, -0.25) is 26.9 Å². The summed E-state index contributed by atoms with van der Waals surface area (Å²) < 4.78 is 80.5. The number of hydrogen-bond donors (Lipinski definition) is 0. The van der Waals surface area contributed by atoms with E-state index in [0.717, 1.165) is 36.5 Å². The maximum Gasteiger partial charge on any atom is 0.189 e. The van der Waals surface area contributed by atoms with Crippen molar-refractivity contribution in [2.24, 2.45) is 0 Å². The molecule has 0 bridgehead atoms. The molecule has 0 spiro atoms. The van der Waals surface area contributed by atoms with Crippen LogP contribution in [-0.4, -0.2) is 34.3 Å². The van der Waals surface area contributed by atoms with Gasteiger partial charge in [0.05, 0.1) is 6.20 Å². The van der Waals surface area contributed by atoms with Gasteiger partial charge >= 0.3 is 0 Å². The molecule has 0 unspecified atom stereocenters. The molecular weight excluding hydrogens is 717 g/mol. The summed E-state index contributed by atoms with van der Waals surface area (Å²) in [6.45, 7) is 0. The van der Waals surface area contributed by atoms with Gasteiger partial charge in [0.1, 0.15) is 5.82 Å². The van der Waals surface area contributed by atoms with E-state index in [4.69, 9.17) is 0 Å². The Kier molecular flexibility index (Phi) is 10.5. The molecule has 0 aliphatic carbocycles. The van der Waals surface area contributed by atoms with Gasteiger partial charge in [0, 0.05) is 86.6 Å². The average molecular weight is 732 g/mol. The standard InChI is InChI=1S/2C9H5F2N2.C8H5F2N3.Ir/c2*10-7-2-3-9(8(11)6-7)13-5-1-4-12-13;9-6-4-7(10)8(11-5-6)13-3-1-2-12-13;/h2*1-2,4-6H;1-5H;/q2*-1;;. The summed E-state index contributed by atoms with van der Waals surface area (Å²) >= 11 is 0. The number of hydrogen-bond acceptors (Lipinski definition) is 4. The van der Waals surface area contributed by atoms with Crippen molar-refractivity contribution in [1.29, 1.82) is 0 Å². The zero-order valence-electron chi connectivity index (χ0n) is 19.9. The van der Waals surface area contributed by atoms with Crippen LogP contribution in [0.2, 0.25) is 0 Å². The molecule has 0 fully saturated rings. The molecule has 6 aromatic rings. The van der Waals surface area contributed by atoms with Crippen LogP contribution in [0.4, 0.5) is 26.3 Å². The Bertz CT molecular complexity index is 1430. The molecule has 0 N–H and O–H groups in total. The Balaban J connectivity index is 0.000000163. The Hall–Kier alpha value is -4.55. The van der Waals surface area contributed by atoms with E-state index in [2.05, 4.69) is 32.4 Å². The Morgan fingerprint density at radius 1 is 0.550 bits per heavy atom. The second-order valence-electron chi connectivity index (χ2n) is 7.34. The van der Waals surface area contributed by atoms with Gasteiger partial charge in [-0.25, -0.2) is 18.4 Å². The van der Waals surface area contributed by atoms with E-state index < -0.39 is 34.9 Å². The number of aromatic nitrogens is 7. The number of halogens is 6. The van der Waals surface area contributed by atoms with Crippen LogP contribution in [0.25, 0.3) is 17.2 Å². The molecule has 0 aliphatic heterocycles. The van der Waals surface area contributed by atoms with E-state index in [1.807, 2.05) is 0 Å². The quantitative estimate of drug-likeness (QED) is 0.180. The van der Waals surface area contributed by atoms with Crippen LogP contribution in [-0.2, 0) is 20.1 Å². The summed E-state index contributed by atoms with van der Waals surface area (Å²) in [6, 6.07) is 14.3. The van der Waals surface area contributed by atoms with Gasteiger partial charge in [0.25, 0.3) is 0 Å². The van der Waals surface area contributed by atoms with Crippen molar-refractivity contribution < 1.29 is 46.4 Å². The molecule has 7 nitrogen and oxygen atoms in total. The van der Waals surface area contributed by atoms with Gasteiger partial charge in [-0.05, 0) is 29.6 Å². The van der Waals surface area contributed by atoms with E-state index in [1.54, 1.807) is 30.6 Å². The minimum atomic E-state index is -0.733. The molecule has 40 heavy (non-hydrogen) atoms. The summed E-state index contributed by atoms with van der Waals surface area (Å²) in [5.74, 6) is -4.09. The molecule has 2 aromatic carbocycles. The van der Waals surface area contributed by atoms with Crippen molar-refractivity contribution in [2.45, 2.75) is 0 Å². The van der Waals surface area contributed by atoms with E-state index in [1.165, 1.54) is 38.8 Å². The average Bonchev–Trinajstić information content (AvgIpc) is 3.69. The smallest absolute Gasteiger partial charge is 0.189 e. The van der Waals surface area contributed by atoms with Crippen molar-refractivity contribution >= 4 is 0 Å². The maximum atomic E-state index is 13.1. The minimum absolute atomic E-state index is 0. The molecule has 207 valence electrons. The fraction of sp³-hybridized carbons (Fsp3) is 0. The van der Waals surface area contributed by atoms with E-state index in [0.29, 0.717) is 0 Å². The predicted octanol–water partition coefficient (Wildman–Crippen LogP) is 5.44. The SMILES string of the molecule is Fc1c[c-]c(-n2cccn2)c(F)c1.Fc1c[c-]c(-n2cccn2)c(F)c1.Fc1cnc(-n2cccn2)c(F)c1.[Ir]. The van der Waals surface area contributed by atoms with Crippen molar-refractivity contribution in [2.75, 3.05) is 0 Å². The van der Waals surface area contributed by atoms with E-state index in [9.17, 15) is 26.3 Å². The fourth-order valence-corrected chi connectivity index (χ4v) is 3.00. The molecule has 0 saturated carbocycles. The molecule has 0 aliphatic rings. The van der Waals surface area contributed by atoms with E-state index in [-0.39, 0.29) is 37.3 Å². The molecule has 0 saturated heterocycles. The molecule has 4 heterocycles. The minimum Gasteiger partial charge on any atom is -0.284 e. The summed E-state index contributed by atoms with van der Waals surface area (Å²) in [6.07, 6.45) is 10.1. The first kappa shape index (κ1) is 30.0. The molecule has 0 amide bonds. The van der Waals surface area contributed by atoms with Crippen LogP contribution < -0.4 is 0 Å². The van der Waals surface area contributed by atoms with Gasteiger partial charge < -0.3 is 0 Å². The van der Waals surface area contributed by atoms with Crippen molar-refractivity contribution in [1.82, 2.24) is 34.3 Å². The summed E-state index contributed by atoms with van der Waals surface area (Å²) in [5, 5.41) is 11.4. The second-order valence-corrected chi connectivity index (χ2v) is 7.34. The zero-order chi connectivity index (χ0) is 27.8. The molecular formula is C26H15F6IrN7-2. The third-order valence-electron chi connectivity index (χ3n) is 4.65. The normalized spacial score (nSPS) is 10.1. The molecule has 14 heteroatoms. The molecule has 0 atom stereocenters. The van der Waals surface area contributed by atoms with Crippen LogP contribution >= 0.6 is 0 Å². The number of rotatable bonds is 3. The van der Waals surface area contributed by atoms with Gasteiger partial charge in [-0.15, -0.1) is 24.3 Å². The third kappa shape index (κ3) is 7.74. The van der Waals surface area contributed by atoms with E-state index >= 15 is 0 Å². The van der Waals surface area contributed by atoms with Crippen molar-refractivity contribution in [3.8, 4) is 17.2 Å². The predicted molar refractivity (Wildman–Crippen MR) is 126 cm³/mol. The van der Waals surface area contributed by atoms with Gasteiger partial charge in [0.15, 0.2) is 11.6 Å². The first-order chi connectivity index (χ1) is 18.8. The number of pyridine rings is 1. The van der Waals surface area contributed by atoms with Gasteiger partial charge in [-0.1, -0.05) is 0 Å². The largest absolute Gasteiger partial charge is 0.284 e. The Morgan fingerprint density at radius 3 is 1.35 bits per heavy atom. The fourth-order valence-electron chi connectivity index (χ4n) is 3.00. The number of nitrogens with zero attached hydrogens (tertiary/aromatic N) is 7. The molecule has 1 radical (unpaired) electrons. The summed E-state index contributed by atoms with van der Waals surface area (Å²) in [5.41, 5.74) is 0.234. The van der Waals surface area contributed by atoms with Crippen molar-refractivity contribution in [3.63, 3.8) is 0 Å². The number of benzene rings is 2. The molecule has 4 aromatic heterocycles. The third-order valence-corrected chi connectivity index (χ3v) is 4.65. The van der Waals surface area contributed by atoms with Crippen molar-refractivity contribution in [3.05, 3.63) is 139 Å². The van der Waals surface area contributed by atoms with Crippen LogP contribution in [0.15, 0.2) is 91.9 Å². The maximum absolute atomic E-state index is 13.1. The summed E-state index contributed by atoms with van der Waals surface area (Å²) in [7, 11) is 0. The van der Waals surface area contributed by atoms with Crippen LogP contribution in [0.1, 0.15) is 0 Å². The second kappa shape index (κ2) is 14.0. The van der Waals surface area contributed by atoms with Gasteiger partial charge in [0.2, 0.25) is 0 Å². The Labute approximate surface area is 236 Å². The molecule has 6 rings (SSSR count). The van der Waals surface area contributed by atoms with Gasteiger partial charge in [-0.2, -0.15) is 27.4 Å². The Morgan fingerprint density at radius 2 is 0.975 bits per heavy atom. The topological polar surface area (TPSA) is 66.3 Å². The first-order valence-corrected chi connectivity index (χ1v) is 10.9. The first-order valence-electron chi connectivity index (χ1n) is 10.9. The van der Waals surface area contributed by atoms with Crippen LogP contribution in [0, 0.1) is 47.0 Å². The zero-order valence-corrected chi connectivity index (χ0v) is 22.3.